The van der Waals surface area contributed by atoms with Crippen LogP contribution in [0.1, 0.15) is 30.4 Å². The molecule has 0 heterocycles. The number of fused-ring (bicyclic) bond motifs is 3. The number of hydrogen-bond acceptors (Lipinski definition) is 5. The molecule has 1 atom stereocenters. The van der Waals surface area contributed by atoms with Crippen molar-refractivity contribution in [3.05, 3.63) is 71.8 Å². The van der Waals surface area contributed by atoms with Crippen LogP contribution in [0.25, 0.3) is 11.1 Å². The van der Waals surface area contributed by atoms with Gasteiger partial charge in [-0.2, -0.15) is 0 Å². The van der Waals surface area contributed by atoms with Gasteiger partial charge in [0.25, 0.3) is 0 Å². The number of carboxylic acids is 1. The van der Waals surface area contributed by atoms with E-state index in [1.54, 1.807) is 6.92 Å². The number of aliphatic carboxylic acids is 1. The molecule has 0 aromatic heterocycles. The van der Waals surface area contributed by atoms with Crippen LogP contribution in [0.3, 0.4) is 0 Å². The number of amides is 2. The Morgan fingerprint density at radius 1 is 1.03 bits per heavy atom. The lowest BCUT2D eigenvalue weighted by Gasteiger charge is -2.15. The van der Waals surface area contributed by atoms with Gasteiger partial charge in [0.1, 0.15) is 6.61 Å². The number of rotatable bonds is 11. The molecule has 2 aromatic rings. The Morgan fingerprint density at radius 3 is 2.27 bits per heavy atom. The lowest BCUT2D eigenvalue weighted by molar-refractivity contribution is -0.140. The zero-order valence-corrected chi connectivity index (χ0v) is 18.5. The maximum atomic E-state index is 12.1. The van der Waals surface area contributed by atoms with Crippen molar-refractivity contribution in [3.63, 3.8) is 0 Å². The molecule has 8 heteroatoms. The van der Waals surface area contributed by atoms with Gasteiger partial charge in [-0.15, -0.1) is 0 Å². The molecular weight excluding hydrogens is 424 g/mol. The topological polar surface area (TPSA) is 114 Å². The summed E-state index contributed by atoms with van der Waals surface area (Å²) in [6.45, 7) is 2.53. The van der Waals surface area contributed by atoms with Crippen molar-refractivity contribution < 1.29 is 29.0 Å². The van der Waals surface area contributed by atoms with Crippen LogP contribution in [0.2, 0.25) is 0 Å². The molecular formula is C25H28N2O6. The first-order chi connectivity index (χ1) is 16.0. The number of carbonyl (C=O) groups is 3. The average molecular weight is 453 g/mol. The molecule has 2 amide bonds. The Kier molecular flexibility index (Phi) is 8.60. The summed E-state index contributed by atoms with van der Waals surface area (Å²) in [5.74, 6) is -1.42. The van der Waals surface area contributed by atoms with E-state index in [9.17, 15) is 14.4 Å². The van der Waals surface area contributed by atoms with E-state index in [2.05, 4.69) is 34.9 Å². The molecule has 174 valence electrons. The van der Waals surface area contributed by atoms with Crippen molar-refractivity contribution in [2.75, 3.05) is 26.3 Å². The minimum Gasteiger partial charge on any atom is -0.481 e. The van der Waals surface area contributed by atoms with Crippen molar-refractivity contribution in [1.82, 2.24) is 10.6 Å². The number of ether oxygens (including phenoxy) is 2. The Hall–Kier alpha value is -3.65. The number of carboxylic acid groups (broad SMARTS) is 1. The van der Waals surface area contributed by atoms with Crippen molar-refractivity contribution in [2.24, 2.45) is 0 Å². The third-order valence-electron chi connectivity index (χ3n) is 5.29. The summed E-state index contributed by atoms with van der Waals surface area (Å²) in [7, 11) is 0. The summed E-state index contributed by atoms with van der Waals surface area (Å²) >= 11 is 0. The fourth-order valence-corrected chi connectivity index (χ4v) is 3.85. The predicted molar refractivity (Wildman–Crippen MR) is 123 cm³/mol. The van der Waals surface area contributed by atoms with Gasteiger partial charge in [-0.25, -0.2) is 4.79 Å². The molecule has 8 nitrogen and oxygen atoms in total. The van der Waals surface area contributed by atoms with E-state index < -0.39 is 24.1 Å². The minimum atomic E-state index is -0.995. The maximum absolute atomic E-state index is 12.1. The third kappa shape index (κ3) is 6.66. The number of alkyl carbamates (subject to hydrolysis) is 1. The molecule has 0 bridgehead atoms. The second kappa shape index (κ2) is 11.8. The molecule has 1 unspecified atom stereocenters. The molecule has 0 saturated carbocycles. The molecule has 1 aliphatic rings. The van der Waals surface area contributed by atoms with E-state index >= 15 is 0 Å². The normalized spacial score (nSPS) is 13.2. The monoisotopic (exact) mass is 452 g/mol. The first kappa shape index (κ1) is 24.0. The quantitative estimate of drug-likeness (QED) is 0.452. The largest absolute Gasteiger partial charge is 0.481 e. The molecule has 0 radical (unpaired) electrons. The molecule has 0 aliphatic heterocycles. The second-order valence-electron chi connectivity index (χ2n) is 7.53. The van der Waals surface area contributed by atoms with E-state index in [4.69, 9.17) is 14.6 Å². The zero-order valence-electron chi connectivity index (χ0n) is 18.5. The van der Waals surface area contributed by atoms with Gasteiger partial charge in [-0.05, 0) is 29.2 Å². The van der Waals surface area contributed by atoms with Gasteiger partial charge >= 0.3 is 12.1 Å². The van der Waals surface area contributed by atoms with Gasteiger partial charge in [-0.1, -0.05) is 54.6 Å². The van der Waals surface area contributed by atoms with Gasteiger partial charge in [0.2, 0.25) is 5.91 Å². The minimum absolute atomic E-state index is 0.0199. The van der Waals surface area contributed by atoms with Crippen molar-refractivity contribution in [2.45, 2.75) is 25.4 Å². The number of hydrogen-bond donors (Lipinski definition) is 3. The van der Waals surface area contributed by atoms with Crippen LogP contribution in [-0.4, -0.2) is 55.5 Å². The van der Waals surface area contributed by atoms with Crippen LogP contribution in [-0.2, 0) is 19.1 Å². The fourth-order valence-electron chi connectivity index (χ4n) is 3.85. The highest BCUT2D eigenvalue weighted by Crippen LogP contribution is 2.44. The SMILES string of the molecule is CCOC(CNC(=O)/C=C/CNC(=O)OCC1c2ccccc2-c2ccccc21)CC(=O)O. The molecule has 0 spiro atoms. The highest BCUT2D eigenvalue weighted by Gasteiger charge is 2.28. The number of nitrogens with one attached hydrogen (secondary N) is 2. The summed E-state index contributed by atoms with van der Waals surface area (Å²) in [6.07, 6.45) is 1.40. The van der Waals surface area contributed by atoms with Gasteiger partial charge in [-0.3, -0.25) is 9.59 Å². The smallest absolute Gasteiger partial charge is 0.407 e. The molecule has 1 aliphatic carbocycles. The van der Waals surface area contributed by atoms with E-state index in [1.165, 1.54) is 12.2 Å². The van der Waals surface area contributed by atoms with Crippen LogP contribution in [0, 0.1) is 0 Å². The maximum Gasteiger partial charge on any atom is 0.407 e. The van der Waals surface area contributed by atoms with Gasteiger partial charge < -0.3 is 25.2 Å². The van der Waals surface area contributed by atoms with Gasteiger partial charge in [0.05, 0.1) is 12.5 Å². The molecule has 2 aromatic carbocycles. The van der Waals surface area contributed by atoms with E-state index in [0.29, 0.717) is 6.61 Å². The summed E-state index contributed by atoms with van der Waals surface area (Å²) in [5.41, 5.74) is 4.59. The molecule has 3 rings (SSSR count). The van der Waals surface area contributed by atoms with Crippen LogP contribution >= 0.6 is 0 Å². The average Bonchev–Trinajstić information content (AvgIpc) is 3.12. The van der Waals surface area contributed by atoms with Crippen LogP contribution in [0.4, 0.5) is 4.79 Å². The first-order valence-corrected chi connectivity index (χ1v) is 10.9. The van der Waals surface area contributed by atoms with E-state index in [1.807, 2.05) is 24.3 Å². The van der Waals surface area contributed by atoms with Crippen LogP contribution in [0.5, 0.6) is 0 Å². The lowest BCUT2D eigenvalue weighted by Crippen LogP contribution is -2.34. The molecule has 0 saturated heterocycles. The van der Waals surface area contributed by atoms with Gasteiger partial charge in [0.15, 0.2) is 0 Å². The Bertz CT molecular complexity index is 974. The Balaban J connectivity index is 1.42. The van der Waals surface area contributed by atoms with Gasteiger partial charge in [0, 0.05) is 31.7 Å². The number of carbonyl (C=O) groups excluding carboxylic acids is 2. The van der Waals surface area contributed by atoms with Crippen LogP contribution in [0.15, 0.2) is 60.7 Å². The summed E-state index contributed by atoms with van der Waals surface area (Å²) in [6, 6.07) is 16.2. The van der Waals surface area contributed by atoms with E-state index in [0.717, 1.165) is 22.3 Å². The molecule has 3 N–H and O–H groups in total. The molecule has 0 fully saturated rings. The van der Waals surface area contributed by atoms with Crippen molar-refractivity contribution in [3.8, 4) is 11.1 Å². The standard InChI is InChI=1S/C25H28N2O6/c1-2-32-17(14-24(29)30)15-27-23(28)12-7-13-26-25(31)33-16-22-20-10-5-3-8-18(20)19-9-4-6-11-21(19)22/h3-12,17,22H,2,13-16H2,1H3,(H,26,31)(H,27,28)(H,29,30)/b12-7+. The summed E-state index contributed by atoms with van der Waals surface area (Å²) in [4.78, 5) is 34.8. The van der Waals surface area contributed by atoms with Crippen LogP contribution < -0.4 is 10.6 Å². The van der Waals surface area contributed by atoms with Crippen molar-refractivity contribution in [1.29, 1.82) is 0 Å². The first-order valence-electron chi connectivity index (χ1n) is 10.9. The Morgan fingerprint density at radius 2 is 1.67 bits per heavy atom. The summed E-state index contributed by atoms with van der Waals surface area (Å²) < 4.78 is 10.7. The third-order valence-corrected chi connectivity index (χ3v) is 5.29. The number of benzene rings is 2. The summed E-state index contributed by atoms with van der Waals surface area (Å²) in [5, 5.41) is 14.0. The Labute approximate surface area is 192 Å². The lowest BCUT2D eigenvalue weighted by atomic mass is 9.98. The zero-order chi connectivity index (χ0) is 23.6. The highest BCUT2D eigenvalue weighted by atomic mass is 16.5. The predicted octanol–water partition coefficient (Wildman–Crippen LogP) is 3.08. The fraction of sp³-hybridized carbons (Fsp3) is 0.320. The second-order valence-corrected chi connectivity index (χ2v) is 7.53. The highest BCUT2D eigenvalue weighted by molar-refractivity contribution is 5.87. The molecule has 33 heavy (non-hydrogen) atoms. The van der Waals surface area contributed by atoms with E-state index in [-0.39, 0.29) is 32.0 Å². The van der Waals surface area contributed by atoms with Crippen molar-refractivity contribution >= 4 is 18.0 Å².